The Kier molecular flexibility index (Phi) is 4.79. The molecule has 4 atom stereocenters. The Bertz CT molecular complexity index is 1150. The average molecular weight is 453 g/mol. The molecule has 1 unspecified atom stereocenters. The van der Waals surface area contributed by atoms with Gasteiger partial charge < -0.3 is 5.32 Å². The number of hydrogen-bond acceptors (Lipinski definition) is 7. The first-order valence-electron chi connectivity index (χ1n) is 10.5. The molecule has 0 aromatic carbocycles. The van der Waals surface area contributed by atoms with Crippen molar-refractivity contribution in [2.75, 3.05) is 30.7 Å². The van der Waals surface area contributed by atoms with Gasteiger partial charge in [-0.25, -0.2) is 22.7 Å². The van der Waals surface area contributed by atoms with Crippen LogP contribution in [0.2, 0.25) is 5.28 Å². The van der Waals surface area contributed by atoms with E-state index in [4.69, 9.17) is 11.6 Å². The Hall–Kier alpha value is -1.78. The second kappa shape index (κ2) is 7.13. The SMILES string of the molecule is CCS(=O)(=O)N1C[C@@H]2C(CNc3nc4cnc(Cl)nc4n([C@@H](C)C4CC4)c3=O)[C@@H]2C1. The van der Waals surface area contributed by atoms with Crippen molar-refractivity contribution in [3.05, 3.63) is 21.8 Å². The van der Waals surface area contributed by atoms with E-state index in [0.717, 1.165) is 12.8 Å². The highest BCUT2D eigenvalue weighted by Crippen LogP contribution is 2.52. The standard InChI is InChI=1S/C19H25ClN6O3S/c1-3-30(28,29)25-8-13-12(14(13)9-25)6-21-16-18(27)26(10(2)11-4-5-11)17-15(23-16)7-22-19(20)24-17/h7,10-14H,3-6,8-9H2,1-2H3,(H,21,23)/t10-,12?,13-,14+/m0/s1. The van der Waals surface area contributed by atoms with Gasteiger partial charge in [0.25, 0.3) is 5.56 Å². The molecule has 11 heteroatoms. The minimum absolute atomic E-state index is 0.0163. The quantitative estimate of drug-likeness (QED) is 0.637. The van der Waals surface area contributed by atoms with Crippen LogP contribution in [0.5, 0.6) is 0 Å². The zero-order valence-corrected chi connectivity index (χ0v) is 18.5. The third-order valence-electron chi connectivity index (χ3n) is 6.92. The molecule has 9 nitrogen and oxygen atoms in total. The number of rotatable bonds is 7. The van der Waals surface area contributed by atoms with Crippen molar-refractivity contribution in [1.29, 1.82) is 0 Å². The van der Waals surface area contributed by atoms with E-state index < -0.39 is 10.0 Å². The van der Waals surface area contributed by atoms with Crippen LogP contribution in [0.1, 0.15) is 32.7 Å². The first-order valence-corrected chi connectivity index (χ1v) is 12.5. The molecule has 3 fully saturated rings. The number of sulfonamides is 1. The van der Waals surface area contributed by atoms with Crippen LogP contribution in [0.25, 0.3) is 11.2 Å². The molecule has 1 aliphatic heterocycles. The van der Waals surface area contributed by atoms with Crippen molar-refractivity contribution >= 4 is 38.6 Å². The second-order valence-electron chi connectivity index (χ2n) is 8.65. The summed E-state index contributed by atoms with van der Waals surface area (Å²) in [4.78, 5) is 26.0. The highest BCUT2D eigenvalue weighted by Gasteiger charge is 2.57. The van der Waals surface area contributed by atoms with Gasteiger partial charge in [-0.2, -0.15) is 4.98 Å². The van der Waals surface area contributed by atoms with E-state index in [-0.39, 0.29) is 22.6 Å². The second-order valence-corrected chi connectivity index (χ2v) is 11.2. The molecule has 1 saturated heterocycles. The zero-order chi connectivity index (χ0) is 21.2. The third kappa shape index (κ3) is 3.38. The molecular formula is C19H25ClN6O3S. The van der Waals surface area contributed by atoms with Gasteiger partial charge in [-0.15, -0.1) is 0 Å². The molecule has 3 heterocycles. The number of hydrogen-bond donors (Lipinski definition) is 1. The van der Waals surface area contributed by atoms with Crippen molar-refractivity contribution in [1.82, 2.24) is 23.8 Å². The van der Waals surface area contributed by atoms with Gasteiger partial charge >= 0.3 is 0 Å². The van der Waals surface area contributed by atoms with Gasteiger partial charge in [-0.3, -0.25) is 9.36 Å². The Balaban J connectivity index is 1.36. The first-order chi connectivity index (χ1) is 14.3. The Morgan fingerprint density at radius 2 is 1.97 bits per heavy atom. The van der Waals surface area contributed by atoms with Gasteiger partial charge in [0, 0.05) is 25.7 Å². The number of nitrogens with one attached hydrogen (secondary N) is 1. The molecule has 2 aromatic heterocycles. The maximum Gasteiger partial charge on any atom is 0.295 e. The lowest BCUT2D eigenvalue weighted by atomic mass is 10.2. The minimum Gasteiger partial charge on any atom is -0.365 e. The first kappa shape index (κ1) is 20.1. The number of piperidine rings is 1. The fraction of sp³-hybridized carbons (Fsp3) is 0.684. The summed E-state index contributed by atoms with van der Waals surface area (Å²) in [6.45, 7) is 5.47. The number of fused-ring (bicyclic) bond motifs is 2. The van der Waals surface area contributed by atoms with Gasteiger partial charge in [-0.1, -0.05) is 0 Å². The lowest BCUT2D eigenvalue weighted by molar-refractivity contribution is 0.417. The van der Waals surface area contributed by atoms with Gasteiger partial charge in [-0.05, 0) is 62.0 Å². The summed E-state index contributed by atoms with van der Waals surface area (Å²) in [5.41, 5.74) is 0.802. The van der Waals surface area contributed by atoms with Crippen molar-refractivity contribution in [2.24, 2.45) is 23.7 Å². The highest BCUT2D eigenvalue weighted by atomic mass is 35.5. The molecule has 2 aliphatic carbocycles. The largest absolute Gasteiger partial charge is 0.365 e. The maximum atomic E-state index is 13.2. The van der Waals surface area contributed by atoms with E-state index in [0.29, 0.717) is 60.3 Å². The monoisotopic (exact) mass is 452 g/mol. The predicted octanol–water partition coefficient (Wildman–Crippen LogP) is 1.75. The van der Waals surface area contributed by atoms with E-state index in [9.17, 15) is 13.2 Å². The highest BCUT2D eigenvalue weighted by molar-refractivity contribution is 7.89. The molecule has 0 bridgehead atoms. The molecule has 0 spiro atoms. The van der Waals surface area contributed by atoms with Crippen LogP contribution >= 0.6 is 11.6 Å². The Morgan fingerprint density at radius 3 is 2.60 bits per heavy atom. The number of anilines is 1. The topological polar surface area (TPSA) is 110 Å². The van der Waals surface area contributed by atoms with E-state index in [1.165, 1.54) is 0 Å². The van der Waals surface area contributed by atoms with E-state index in [1.54, 1.807) is 22.0 Å². The number of nitrogens with zero attached hydrogens (tertiary/aromatic N) is 5. The summed E-state index contributed by atoms with van der Waals surface area (Å²) in [5, 5.41) is 3.33. The molecule has 3 aliphatic rings. The van der Waals surface area contributed by atoms with E-state index in [2.05, 4.69) is 20.3 Å². The summed E-state index contributed by atoms with van der Waals surface area (Å²) in [6.07, 6.45) is 3.74. The minimum atomic E-state index is -3.12. The molecule has 2 aromatic rings. The van der Waals surface area contributed by atoms with Crippen LogP contribution in [0.3, 0.4) is 0 Å². The smallest absolute Gasteiger partial charge is 0.295 e. The molecular weight excluding hydrogens is 428 g/mol. The lowest BCUT2D eigenvalue weighted by Gasteiger charge is -2.19. The summed E-state index contributed by atoms with van der Waals surface area (Å²) in [7, 11) is -3.12. The van der Waals surface area contributed by atoms with Gasteiger partial charge in [0.05, 0.1) is 11.9 Å². The van der Waals surface area contributed by atoms with Crippen LogP contribution in [0.15, 0.2) is 11.0 Å². The van der Waals surface area contributed by atoms with Crippen molar-refractivity contribution in [3.63, 3.8) is 0 Å². The van der Waals surface area contributed by atoms with Crippen molar-refractivity contribution in [2.45, 2.75) is 32.7 Å². The number of aromatic nitrogens is 4. The maximum absolute atomic E-state index is 13.2. The van der Waals surface area contributed by atoms with Gasteiger partial charge in [0.15, 0.2) is 11.5 Å². The summed E-state index contributed by atoms with van der Waals surface area (Å²) in [6, 6.07) is 0.0163. The normalized spacial score (nSPS) is 27.2. The van der Waals surface area contributed by atoms with Crippen molar-refractivity contribution < 1.29 is 8.42 Å². The molecule has 0 amide bonds. The molecule has 2 saturated carbocycles. The summed E-state index contributed by atoms with van der Waals surface area (Å²) in [5.74, 6) is 1.97. The predicted molar refractivity (Wildman–Crippen MR) is 114 cm³/mol. The summed E-state index contributed by atoms with van der Waals surface area (Å²) >= 11 is 5.97. The lowest BCUT2D eigenvalue weighted by Crippen LogP contribution is -2.34. The molecule has 162 valence electrons. The average Bonchev–Trinajstić information content (AvgIpc) is 3.63. The Labute approximate surface area is 179 Å². The zero-order valence-electron chi connectivity index (χ0n) is 17.0. The fourth-order valence-electron chi connectivity index (χ4n) is 4.80. The number of halogens is 1. The van der Waals surface area contributed by atoms with Gasteiger partial charge in [0.2, 0.25) is 15.3 Å². The van der Waals surface area contributed by atoms with Crippen LogP contribution in [-0.4, -0.2) is 57.6 Å². The van der Waals surface area contributed by atoms with Crippen LogP contribution < -0.4 is 10.9 Å². The van der Waals surface area contributed by atoms with Crippen LogP contribution in [0.4, 0.5) is 5.82 Å². The van der Waals surface area contributed by atoms with Crippen molar-refractivity contribution in [3.8, 4) is 0 Å². The van der Waals surface area contributed by atoms with E-state index in [1.807, 2.05) is 6.92 Å². The molecule has 30 heavy (non-hydrogen) atoms. The van der Waals surface area contributed by atoms with Crippen LogP contribution in [-0.2, 0) is 10.0 Å². The molecule has 0 radical (unpaired) electrons. The van der Waals surface area contributed by atoms with E-state index >= 15 is 0 Å². The third-order valence-corrected chi connectivity index (χ3v) is 8.91. The Morgan fingerprint density at radius 1 is 1.27 bits per heavy atom. The molecule has 1 N–H and O–H groups in total. The summed E-state index contributed by atoms with van der Waals surface area (Å²) < 4.78 is 27.4. The molecule has 5 rings (SSSR count). The van der Waals surface area contributed by atoms with Gasteiger partial charge in [0.1, 0.15) is 5.52 Å². The van der Waals surface area contributed by atoms with Crippen LogP contribution in [0, 0.1) is 23.7 Å². The fourth-order valence-corrected chi connectivity index (χ4v) is 6.09.